The van der Waals surface area contributed by atoms with Gasteiger partial charge in [-0.3, -0.25) is 4.21 Å². The van der Waals surface area contributed by atoms with Crippen molar-refractivity contribution in [2.24, 2.45) is 0 Å². The molecule has 0 saturated carbocycles. The first kappa shape index (κ1) is 17.2. The van der Waals surface area contributed by atoms with E-state index in [1.807, 2.05) is 6.26 Å². The number of hydrogen-bond donors (Lipinski definition) is 0. The van der Waals surface area contributed by atoms with Crippen molar-refractivity contribution in [3.63, 3.8) is 0 Å². The maximum Gasteiger partial charge on any atom is 0.0342 e. The SMILES string of the molecule is CCCCCCCCCCCC(CC)S(C)=O. The monoisotopic (exact) mass is 260 g/mol. The summed E-state index contributed by atoms with van der Waals surface area (Å²) in [5, 5.41) is 0.444. The van der Waals surface area contributed by atoms with Gasteiger partial charge in [-0.05, 0) is 12.8 Å². The minimum Gasteiger partial charge on any atom is -0.260 e. The molecule has 0 bridgehead atoms. The lowest BCUT2D eigenvalue weighted by atomic mass is 10.1. The molecule has 0 radical (unpaired) electrons. The third-order valence-corrected chi connectivity index (χ3v) is 5.06. The number of unbranched alkanes of at least 4 members (excludes halogenated alkanes) is 8. The molecule has 0 rings (SSSR count). The molecule has 0 aromatic rings. The lowest BCUT2D eigenvalue weighted by Crippen LogP contribution is -2.12. The van der Waals surface area contributed by atoms with Crippen LogP contribution in [-0.4, -0.2) is 15.7 Å². The fourth-order valence-corrected chi connectivity index (χ4v) is 3.26. The van der Waals surface area contributed by atoms with E-state index in [0.29, 0.717) is 5.25 Å². The Morgan fingerprint density at radius 2 is 1.29 bits per heavy atom. The summed E-state index contributed by atoms with van der Waals surface area (Å²) in [5.74, 6) is 0. The highest BCUT2D eigenvalue weighted by Gasteiger charge is 2.09. The molecule has 0 fully saturated rings. The standard InChI is InChI=1S/C15H32OS/c1-4-6-7-8-9-10-11-12-13-14-15(5-2)17(3)16/h15H,4-14H2,1-3H3. The van der Waals surface area contributed by atoms with Crippen LogP contribution in [0.25, 0.3) is 0 Å². The molecule has 0 N–H and O–H groups in total. The summed E-state index contributed by atoms with van der Waals surface area (Å²) < 4.78 is 11.4. The largest absolute Gasteiger partial charge is 0.260 e. The van der Waals surface area contributed by atoms with E-state index in [0.717, 1.165) is 12.8 Å². The highest BCUT2D eigenvalue weighted by molar-refractivity contribution is 7.84. The molecule has 0 aromatic heterocycles. The Bertz CT molecular complexity index is 180. The van der Waals surface area contributed by atoms with Gasteiger partial charge < -0.3 is 0 Å². The molecule has 0 aliphatic carbocycles. The Hall–Kier alpha value is 0.150. The Kier molecular flexibility index (Phi) is 12.7. The van der Waals surface area contributed by atoms with Crippen LogP contribution in [0.2, 0.25) is 0 Å². The van der Waals surface area contributed by atoms with Gasteiger partial charge in [-0.1, -0.05) is 71.6 Å². The molecule has 0 amide bonds. The van der Waals surface area contributed by atoms with Crippen LogP contribution in [0.3, 0.4) is 0 Å². The van der Waals surface area contributed by atoms with Crippen molar-refractivity contribution in [1.82, 2.24) is 0 Å². The Morgan fingerprint density at radius 3 is 1.71 bits per heavy atom. The minimum atomic E-state index is -0.616. The van der Waals surface area contributed by atoms with E-state index < -0.39 is 10.8 Å². The van der Waals surface area contributed by atoms with Crippen molar-refractivity contribution in [3.05, 3.63) is 0 Å². The fraction of sp³-hybridized carbons (Fsp3) is 1.00. The summed E-state index contributed by atoms with van der Waals surface area (Å²) >= 11 is 0. The molecular weight excluding hydrogens is 228 g/mol. The smallest absolute Gasteiger partial charge is 0.0342 e. The van der Waals surface area contributed by atoms with Gasteiger partial charge in [0, 0.05) is 22.3 Å². The molecule has 0 heterocycles. The molecule has 2 heteroatoms. The van der Waals surface area contributed by atoms with E-state index in [1.165, 1.54) is 57.8 Å². The molecule has 0 aliphatic heterocycles. The minimum absolute atomic E-state index is 0.444. The van der Waals surface area contributed by atoms with Gasteiger partial charge in [0.05, 0.1) is 0 Å². The number of rotatable bonds is 12. The van der Waals surface area contributed by atoms with Gasteiger partial charge in [0.25, 0.3) is 0 Å². The lowest BCUT2D eigenvalue weighted by Gasteiger charge is -2.11. The average molecular weight is 260 g/mol. The zero-order valence-corrected chi connectivity index (χ0v) is 13.0. The van der Waals surface area contributed by atoms with E-state index in [2.05, 4.69) is 13.8 Å². The summed E-state index contributed by atoms with van der Waals surface area (Å²) in [6, 6.07) is 0. The van der Waals surface area contributed by atoms with Crippen LogP contribution in [0.5, 0.6) is 0 Å². The van der Waals surface area contributed by atoms with Crippen LogP contribution in [-0.2, 0) is 10.8 Å². The second-order valence-corrected chi connectivity index (χ2v) is 6.81. The molecule has 0 spiro atoms. The van der Waals surface area contributed by atoms with Gasteiger partial charge in [-0.15, -0.1) is 0 Å². The van der Waals surface area contributed by atoms with Crippen LogP contribution < -0.4 is 0 Å². The van der Waals surface area contributed by atoms with Crippen LogP contribution in [0.4, 0.5) is 0 Å². The maximum absolute atomic E-state index is 11.4. The highest BCUT2D eigenvalue weighted by Crippen LogP contribution is 2.14. The summed E-state index contributed by atoms with van der Waals surface area (Å²) in [7, 11) is -0.616. The van der Waals surface area contributed by atoms with E-state index in [1.54, 1.807) is 0 Å². The van der Waals surface area contributed by atoms with E-state index in [9.17, 15) is 4.21 Å². The highest BCUT2D eigenvalue weighted by atomic mass is 32.2. The lowest BCUT2D eigenvalue weighted by molar-refractivity contribution is 0.547. The number of hydrogen-bond acceptors (Lipinski definition) is 1. The van der Waals surface area contributed by atoms with Crippen LogP contribution >= 0.6 is 0 Å². The van der Waals surface area contributed by atoms with Crippen LogP contribution in [0.1, 0.15) is 84.5 Å². The second-order valence-electron chi connectivity index (χ2n) is 5.15. The zero-order chi connectivity index (χ0) is 12.9. The molecule has 0 aliphatic rings. The summed E-state index contributed by atoms with van der Waals surface area (Å²) in [6.07, 6.45) is 16.5. The third kappa shape index (κ3) is 11.0. The average Bonchev–Trinajstić information content (AvgIpc) is 2.31. The van der Waals surface area contributed by atoms with Gasteiger partial charge in [0.2, 0.25) is 0 Å². The van der Waals surface area contributed by atoms with Crippen molar-refractivity contribution in [3.8, 4) is 0 Å². The first-order valence-corrected chi connectivity index (χ1v) is 9.16. The van der Waals surface area contributed by atoms with Crippen LogP contribution in [0, 0.1) is 0 Å². The second kappa shape index (κ2) is 12.6. The Balaban J connectivity index is 3.20. The van der Waals surface area contributed by atoms with E-state index in [4.69, 9.17) is 0 Å². The molecule has 1 nitrogen and oxygen atoms in total. The molecule has 2 unspecified atom stereocenters. The van der Waals surface area contributed by atoms with Gasteiger partial charge >= 0.3 is 0 Å². The normalized spacial score (nSPS) is 14.8. The molecule has 0 aromatic carbocycles. The topological polar surface area (TPSA) is 17.1 Å². The molecule has 17 heavy (non-hydrogen) atoms. The maximum atomic E-state index is 11.4. The Morgan fingerprint density at radius 1 is 0.824 bits per heavy atom. The van der Waals surface area contributed by atoms with Crippen molar-refractivity contribution in [2.75, 3.05) is 6.26 Å². The third-order valence-electron chi connectivity index (χ3n) is 3.55. The fourth-order valence-electron chi connectivity index (χ4n) is 2.29. The Labute approximate surface area is 111 Å². The molecule has 0 saturated heterocycles. The van der Waals surface area contributed by atoms with Gasteiger partial charge in [-0.25, -0.2) is 0 Å². The van der Waals surface area contributed by atoms with E-state index >= 15 is 0 Å². The molecular formula is C15H32OS. The van der Waals surface area contributed by atoms with Crippen LogP contribution in [0.15, 0.2) is 0 Å². The predicted molar refractivity (Wildman–Crippen MR) is 80.0 cm³/mol. The quantitative estimate of drug-likeness (QED) is 0.448. The van der Waals surface area contributed by atoms with E-state index in [-0.39, 0.29) is 0 Å². The van der Waals surface area contributed by atoms with Gasteiger partial charge in [0.15, 0.2) is 0 Å². The van der Waals surface area contributed by atoms with Crippen molar-refractivity contribution >= 4 is 10.8 Å². The first-order valence-electron chi connectivity index (χ1n) is 7.54. The molecule has 104 valence electrons. The molecule has 2 atom stereocenters. The van der Waals surface area contributed by atoms with Crippen molar-refractivity contribution in [1.29, 1.82) is 0 Å². The first-order chi connectivity index (χ1) is 8.22. The summed E-state index contributed by atoms with van der Waals surface area (Å²) in [5.41, 5.74) is 0. The predicted octanol–water partition coefficient (Wildman–Crippen LogP) is 5.06. The zero-order valence-electron chi connectivity index (χ0n) is 12.2. The van der Waals surface area contributed by atoms with Crippen molar-refractivity contribution < 1.29 is 4.21 Å². The van der Waals surface area contributed by atoms with Gasteiger partial charge in [-0.2, -0.15) is 0 Å². The summed E-state index contributed by atoms with van der Waals surface area (Å²) in [6.45, 7) is 4.42. The van der Waals surface area contributed by atoms with Gasteiger partial charge in [0.1, 0.15) is 0 Å². The summed E-state index contributed by atoms with van der Waals surface area (Å²) in [4.78, 5) is 0. The van der Waals surface area contributed by atoms with Crippen molar-refractivity contribution in [2.45, 2.75) is 89.7 Å².